The van der Waals surface area contributed by atoms with E-state index in [0.29, 0.717) is 37.3 Å². The van der Waals surface area contributed by atoms with Gasteiger partial charge in [0.25, 0.3) is 0 Å². The Morgan fingerprint density at radius 1 is 0.955 bits per heavy atom. The fourth-order valence-corrected chi connectivity index (χ4v) is 2.54. The Labute approximate surface area is 129 Å². The molecule has 6 heteroatoms. The van der Waals surface area contributed by atoms with Crippen molar-refractivity contribution in [2.75, 3.05) is 23.7 Å². The molecule has 0 aliphatic carbocycles. The van der Waals surface area contributed by atoms with Gasteiger partial charge in [-0.25, -0.2) is 0 Å². The van der Waals surface area contributed by atoms with Crippen molar-refractivity contribution in [3.63, 3.8) is 0 Å². The summed E-state index contributed by atoms with van der Waals surface area (Å²) in [6.45, 7) is 4.27. The maximum atomic E-state index is 12.2. The van der Waals surface area contributed by atoms with Crippen LogP contribution in [0.2, 0.25) is 0 Å². The Hall–Kier alpha value is -2.37. The third-order valence-electron chi connectivity index (χ3n) is 3.78. The molecule has 2 N–H and O–H groups in total. The second-order valence-corrected chi connectivity index (χ2v) is 5.53. The maximum absolute atomic E-state index is 12.2. The van der Waals surface area contributed by atoms with Gasteiger partial charge in [-0.05, 0) is 37.1 Å². The summed E-state index contributed by atoms with van der Waals surface area (Å²) in [5.74, 6) is -0.150. The minimum atomic E-state index is -0.131. The molecule has 118 valence electrons. The average molecular weight is 303 g/mol. The first-order chi connectivity index (χ1) is 10.5. The Morgan fingerprint density at radius 3 is 1.91 bits per heavy atom. The molecule has 1 aliphatic heterocycles. The molecule has 0 saturated carbocycles. The van der Waals surface area contributed by atoms with Crippen molar-refractivity contribution in [3.05, 3.63) is 24.3 Å². The second kappa shape index (κ2) is 7.06. The highest BCUT2D eigenvalue weighted by Gasteiger charge is 2.25. The van der Waals surface area contributed by atoms with Crippen LogP contribution in [-0.2, 0) is 14.4 Å². The summed E-state index contributed by atoms with van der Waals surface area (Å²) in [5, 5.41) is 5.56. The minimum Gasteiger partial charge on any atom is -0.343 e. The predicted molar refractivity (Wildman–Crippen MR) is 84.4 cm³/mol. The van der Waals surface area contributed by atoms with Crippen molar-refractivity contribution in [3.8, 4) is 0 Å². The molecule has 1 saturated heterocycles. The summed E-state index contributed by atoms with van der Waals surface area (Å²) in [6.07, 6.45) is 1.38. The molecule has 3 amide bonds. The van der Waals surface area contributed by atoms with E-state index in [2.05, 4.69) is 10.6 Å². The van der Waals surface area contributed by atoms with Crippen LogP contribution in [0.4, 0.5) is 11.4 Å². The van der Waals surface area contributed by atoms with E-state index in [0.717, 1.165) is 0 Å². The molecule has 0 atom stereocenters. The standard InChI is InChI=1S/C16H21N3O3/c1-11(20)17-14-3-5-15(6-4-14)18-16(22)13-7-9-19(10-8-13)12(2)21/h3-6,13H,7-10H2,1-2H3,(H,17,20)(H,18,22). The monoisotopic (exact) mass is 303 g/mol. The van der Waals surface area contributed by atoms with E-state index in [-0.39, 0.29) is 23.6 Å². The van der Waals surface area contributed by atoms with Crippen LogP contribution in [0.25, 0.3) is 0 Å². The summed E-state index contributed by atoms with van der Waals surface area (Å²) in [6, 6.07) is 7.01. The van der Waals surface area contributed by atoms with Gasteiger partial charge in [-0.3, -0.25) is 14.4 Å². The molecule has 1 aliphatic rings. The molecule has 0 aromatic heterocycles. The van der Waals surface area contributed by atoms with Crippen LogP contribution in [0, 0.1) is 5.92 Å². The highest BCUT2D eigenvalue weighted by Crippen LogP contribution is 2.20. The van der Waals surface area contributed by atoms with Crippen LogP contribution in [0.3, 0.4) is 0 Å². The van der Waals surface area contributed by atoms with Crippen LogP contribution in [0.5, 0.6) is 0 Å². The zero-order valence-electron chi connectivity index (χ0n) is 12.9. The number of hydrogen-bond donors (Lipinski definition) is 2. The zero-order chi connectivity index (χ0) is 16.1. The number of benzene rings is 1. The third-order valence-corrected chi connectivity index (χ3v) is 3.78. The van der Waals surface area contributed by atoms with Gasteiger partial charge in [-0.1, -0.05) is 0 Å². The number of amides is 3. The first-order valence-electron chi connectivity index (χ1n) is 7.39. The summed E-state index contributed by atoms with van der Waals surface area (Å²) >= 11 is 0. The molecule has 1 aromatic rings. The number of rotatable bonds is 3. The zero-order valence-corrected chi connectivity index (χ0v) is 12.9. The van der Waals surface area contributed by atoms with Gasteiger partial charge in [0.15, 0.2) is 0 Å². The van der Waals surface area contributed by atoms with E-state index in [1.54, 1.807) is 36.1 Å². The number of nitrogens with zero attached hydrogens (tertiary/aromatic N) is 1. The van der Waals surface area contributed by atoms with Crippen LogP contribution in [0.1, 0.15) is 26.7 Å². The van der Waals surface area contributed by atoms with Gasteiger partial charge in [0.2, 0.25) is 17.7 Å². The number of carbonyl (C=O) groups is 3. The summed E-state index contributed by atoms with van der Waals surface area (Å²) in [5.41, 5.74) is 1.40. The molecule has 0 spiro atoms. The van der Waals surface area contributed by atoms with Crippen LogP contribution < -0.4 is 10.6 Å². The summed E-state index contributed by atoms with van der Waals surface area (Å²) < 4.78 is 0. The fraction of sp³-hybridized carbons (Fsp3) is 0.438. The minimum absolute atomic E-state index is 0.0181. The average Bonchev–Trinajstić information content (AvgIpc) is 2.49. The van der Waals surface area contributed by atoms with Gasteiger partial charge in [0, 0.05) is 44.2 Å². The van der Waals surface area contributed by atoms with Crippen molar-refractivity contribution in [1.82, 2.24) is 4.90 Å². The normalized spacial score (nSPS) is 15.3. The Kier molecular flexibility index (Phi) is 5.14. The highest BCUT2D eigenvalue weighted by molar-refractivity contribution is 5.93. The van der Waals surface area contributed by atoms with Crippen molar-refractivity contribution in [2.45, 2.75) is 26.7 Å². The smallest absolute Gasteiger partial charge is 0.227 e. The van der Waals surface area contributed by atoms with Gasteiger partial charge in [0.05, 0.1) is 0 Å². The van der Waals surface area contributed by atoms with E-state index in [1.807, 2.05) is 0 Å². The van der Waals surface area contributed by atoms with Crippen molar-refractivity contribution >= 4 is 29.1 Å². The number of likely N-dealkylation sites (tertiary alicyclic amines) is 1. The lowest BCUT2D eigenvalue weighted by molar-refractivity contribution is -0.132. The first kappa shape index (κ1) is 16.0. The maximum Gasteiger partial charge on any atom is 0.227 e. The quantitative estimate of drug-likeness (QED) is 0.894. The Morgan fingerprint density at radius 2 is 1.45 bits per heavy atom. The molecule has 0 radical (unpaired) electrons. The molecule has 6 nitrogen and oxygen atoms in total. The summed E-state index contributed by atoms with van der Waals surface area (Å²) in [4.78, 5) is 36.2. The van der Waals surface area contributed by atoms with E-state index in [9.17, 15) is 14.4 Å². The van der Waals surface area contributed by atoms with E-state index < -0.39 is 0 Å². The van der Waals surface area contributed by atoms with E-state index in [1.165, 1.54) is 6.92 Å². The van der Waals surface area contributed by atoms with Crippen molar-refractivity contribution in [1.29, 1.82) is 0 Å². The lowest BCUT2D eigenvalue weighted by atomic mass is 9.96. The van der Waals surface area contributed by atoms with Crippen molar-refractivity contribution in [2.24, 2.45) is 5.92 Å². The molecule has 0 bridgehead atoms. The molecular weight excluding hydrogens is 282 g/mol. The fourth-order valence-electron chi connectivity index (χ4n) is 2.54. The molecule has 1 aromatic carbocycles. The third kappa shape index (κ3) is 4.31. The first-order valence-corrected chi connectivity index (χ1v) is 7.39. The van der Waals surface area contributed by atoms with Gasteiger partial charge in [-0.2, -0.15) is 0 Å². The molecule has 2 rings (SSSR count). The number of nitrogens with one attached hydrogen (secondary N) is 2. The molecule has 22 heavy (non-hydrogen) atoms. The lowest BCUT2D eigenvalue weighted by Gasteiger charge is -2.30. The van der Waals surface area contributed by atoms with Crippen molar-refractivity contribution < 1.29 is 14.4 Å². The Bertz CT molecular complexity index is 561. The molecule has 1 fully saturated rings. The molecule has 1 heterocycles. The van der Waals surface area contributed by atoms with E-state index in [4.69, 9.17) is 0 Å². The number of hydrogen-bond acceptors (Lipinski definition) is 3. The largest absolute Gasteiger partial charge is 0.343 e. The highest BCUT2D eigenvalue weighted by atomic mass is 16.2. The Balaban J connectivity index is 1.87. The van der Waals surface area contributed by atoms with Crippen LogP contribution in [-0.4, -0.2) is 35.7 Å². The number of piperidine rings is 1. The molecular formula is C16H21N3O3. The topological polar surface area (TPSA) is 78.5 Å². The van der Waals surface area contributed by atoms with Gasteiger partial charge in [-0.15, -0.1) is 0 Å². The van der Waals surface area contributed by atoms with Gasteiger partial charge < -0.3 is 15.5 Å². The van der Waals surface area contributed by atoms with E-state index >= 15 is 0 Å². The van der Waals surface area contributed by atoms with Crippen LogP contribution in [0.15, 0.2) is 24.3 Å². The predicted octanol–water partition coefficient (Wildman–Crippen LogP) is 1.84. The SMILES string of the molecule is CC(=O)Nc1ccc(NC(=O)C2CCN(C(C)=O)CC2)cc1. The number of carbonyl (C=O) groups excluding carboxylic acids is 3. The van der Waals surface area contributed by atoms with Crippen LogP contribution >= 0.6 is 0 Å². The second-order valence-electron chi connectivity index (χ2n) is 5.53. The van der Waals surface area contributed by atoms with Gasteiger partial charge >= 0.3 is 0 Å². The summed E-state index contributed by atoms with van der Waals surface area (Å²) in [7, 11) is 0. The van der Waals surface area contributed by atoms with Gasteiger partial charge in [0.1, 0.15) is 0 Å². The molecule has 0 unspecified atom stereocenters. The lowest BCUT2D eigenvalue weighted by Crippen LogP contribution is -2.40. The number of anilines is 2.